The number of aryl methyl sites for hydroxylation is 1. The third kappa shape index (κ3) is 3.82. The van der Waals surface area contributed by atoms with Gasteiger partial charge >= 0.3 is 6.18 Å². The maximum absolute atomic E-state index is 12.9. The van der Waals surface area contributed by atoms with E-state index in [2.05, 4.69) is 14.2 Å². The fourth-order valence-electron chi connectivity index (χ4n) is 5.94. The first kappa shape index (κ1) is 20.1. The fraction of sp³-hybridized carbons (Fsp3) is 0.762. The van der Waals surface area contributed by atoms with Gasteiger partial charge in [-0.1, -0.05) is 0 Å². The maximum Gasteiger partial charge on any atom is 0.433 e. The number of alkyl halides is 3. The van der Waals surface area contributed by atoms with Crippen LogP contribution in [-0.4, -0.2) is 58.6 Å². The number of morpholine rings is 1. The normalized spacial score (nSPS) is 35.8. The van der Waals surface area contributed by atoms with Gasteiger partial charge < -0.3 is 4.74 Å². The smallest absolute Gasteiger partial charge is 0.379 e. The van der Waals surface area contributed by atoms with Crippen molar-refractivity contribution in [2.45, 2.75) is 74.6 Å². The molecule has 29 heavy (non-hydrogen) atoms. The van der Waals surface area contributed by atoms with Crippen molar-refractivity contribution in [3.8, 4) is 0 Å². The largest absolute Gasteiger partial charge is 0.433 e. The zero-order valence-corrected chi connectivity index (χ0v) is 17.6. The molecule has 4 fully saturated rings. The second-order valence-corrected chi connectivity index (χ2v) is 10.3. The number of halogens is 3. The van der Waals surface area contributed by atoms with Crippen molar-refractivity contribution in [2.24, 2.45) is 5.41 Å². The average Bonchev–Trinajstić information content (AvgIpc) is 2.90. The Kier molecular flexibility index (Phi) is 5.12. The van der Waals surface area contributed by atoms with Gasteiger partial charge in [0.2, 0.25) is 0 Å². The lowest BCUT2D eigenvalue weighted by Gasteiger charge is -2.57. The van der Waals surface area contributed by atoms with Crippen LogP contribution in [0.5, 0.6) is 0 Å². The van der Waals surface area contributed by atoms with Crippen LogP contribution in [0.2, 0.25) is 0 Å². The van der Waals surface area contributed by atoms with Gasteiger partial charge in [-0.3, -0.25) is 4.90 Å². The molecule has 0 aromatic carbocycles. The van der Waals surface area contributed by atoms with E-state index in [0.29, 0.717) is 23.2 Å². The van der Waals surface area contributed by atoms with Crippen molar-refractivity contribution in [1.82, 2.24) is 14.2 Å². The van der Waals surface area contributed by atoms with E-state index in [1.165, 1.54) is 38.5 Å². The lowest BCUT2D eigenvalue weighted by Crippen LogP contribution is -2.58. The molecule has 4 nitrogen and oxygen atoms in total. The Labute approximate surface area is 174 Å². The van der Waals surface area contributed by atoms with E-state index >= 15 is 0 Å². The molecule has 1 aromatic rings. The molecule has 2 unspecified atom stereocenters. The Morgan fingerprint density at radius 1 is 1.03 bits per heavy atom. The highest BCUT2D eigenvalue weighted by Crippen LogP contribution is 2.59. The number of pyridine rings is 1. The number of hydrogen-bond donors (Lipinski definition) is 0. The second-order valence-electron chi connectivity index (χ2n) is 9.23. The number of hydrogen-bond acceptors (Lipinski definition) is 5. The van der Waals surface area contributed by atoms with Crippen LogP contribution in [-0.2, 0) is 10.9 Å². The van der Waals surface area contributed by atoms with Gasteiger partial charge in [-0.2, -0.15) is 13.2 Å². The first-order chi connectivity index (χ1) is 13.8. The number of fused-ring (bicyclic) bond motifs is 2. The van der Waals surface area contributed by atoms with Crippen LogP contribution >= 0.6 is 11.9 Å². The van der Waals surface area contributed by atoms with Crippen LogP contribution in [0.25, 0.3) is 0 Å². The number of nitrogens with zero attached hydrogens (tertiary/aromatic N) is 3. The number of ether oxygens (including phenoxy) is 1. The number of aromatic nitrogens is 1. The van der Waals surface area contributed by atoms with E-state index in [0.717, 1.165) is 43.3 Å². The van der Waals surface area contributed by atoms with Crippen LogP contribution in [0.4, 0.5) is 13.2 Å². The van der Waals surface area contributed by atoms with Crippen molar-refractivity contribution in [2.75, 3.05) is 26.3 Å². The summed E-state index contributed by atoms with van der Waals surface area (Å²) in [6.45, 7) is 5.54. The summed E-state index contributed by atoms with van der Waals surface area (Å²) in [6, 6.07) is 4.50. The van der Waals surface area contributed by atoms with Gasteiger partial charge in [-0.15, -0.1) is 0 Å². The van der Waals surface area contributed by atoms with Crippen molar-refractivity contribution < 1.29 is 17.9 Å². The topological polar surface area (TPSA) is 28.6 Å². The van der Waals surface area contributed by atoms with Crippen molar-refractivity contribution >= 4 is 11.9 Å². The number of rotatable bonds is 3. The molecule has 1 aromatic heterocycles. The predicted octanol–water partition coefficient (Wildman–Crippen LogP) is 4.52. The van der Waals surface area contributed by atoms with Crippen LogP contribution < -0.4 is 0 Å². The molecule has 2 atom stereocenters. The summed E-state index contributed by atoms with van der Waals surface area (Å²) in [5.41, 5.74) is 0.156. The molecule has 1 aliphatic carbocycles. The molecule has 0 N–H and O–H groups in total. The second kappa shape index (κ2) is 7.39. The van der Waals surface area contributed by atoms with Gasteiger partial charge in [0.1, 0.15) is 5.69 Å². The minimum atomic E-state index is -4.38. The predicted molar refractivity (Wildman–Crippen MR) is 106 cm³/mol. The Hall–Kier alpha value is -0.830. The monoisotopic (exact) mass is 427 g/mol. The van der Waals surface area contributed by atoms with Crippen molar-refractivity contribution in [3.05, 3.63) is 23.5 Å². The quantitative estimate of drug-likeness (QED) is 0.662. The Morgan fingerprint density at radius 2 is 1.66 bits per heavy atom. The molecule has 4 heterocycles. The van der Waals surface area contributed by atoms with E-state index < -0.39 is 11.9 Å². The lowest BCUT2D eigenvalue weighted by molar-refractivity contribution is -0.141. The zero-order valence-electron chi connectivity index (χ0n) is 16.7. The van der Waals surface area contributed by atoms with E-state index in [1.54, 1.807) is 24.9 Å². The molecule has 8 heteroatoms. The molecule has 2 bridgehead atoms. The van der Waals surface area contributed by atoms with E-state index in [4.69, 9.17) is 4.74 Å². The molecule has 1 saturated carbocycles. The van der Waals surface area contributed by atoms with Gasteiger partial charge in [-0.25, -0.2) is 9.29 Å². The summed E-state index contributed by atoms with van der Waals surface area (Å²) in [5, 5.41) is 0. The van der Waals surface area contributed by atoms with Gasteiger partial charge in [0.25, 0.3) is 0 Å². The minimum absolute atomic E-state index is 0.473. The molecule has 0 radical (unpaired) electrons. The van der Waals surface area contributed by atoms with E-state index in [1.807, 2.05) is 0 Å². The summed E-state index contributed by atoms with van der Waals surface area (Å²) in [6.07, 6.45) is 3.09. The summed E-state index contributed by atoms with van der Waals surface area (Å²) in [5.74, 6) is 0. The third-order valence-electron chi connectivity index (χ3n) is 7.32. The first-order valence-electron chi connectivity index (χ1n) is 10.7. The van der Waals surface area contributed by atoms with Crippen molar-refractivity contribution in [3.63, 3.8) is 0 Å². The van der Waals surface area contributed by atoms with Crippen LogP contribution in [0.1, 0.15) is 49.9 Å². The fourth-order valence-corrected chi connectivity index (χ4v) is 7.14. The van der Waals surface area contributed by atoms with Gasteiger partial charge in [0.05, 0.1) is 18.9 Å². The van der Waals surface area contributed by atoms with Crippen molar-refractivity contribution in [1.29, 1.82) is 0 Å². The summed E-state index contributed by atoms with van der Waals surface area (Å²) >= 11 is 1.63. The maximum atomic E-state index is 12.9. The number of piperidine rings is 1. The molecule has 4 aliphatic rings. The van der Waals surface area contributed by atoms with Crippen LogP contribution in [0, 0.1) is 12.3 Å². The van der Waals surface area contributed by atoms with Crippen LogP contribution in [0.15, 0.2) is 17.0 Å². The highest BCUT2D eigenvalue weighted by Gasteiger charge is 2.55. The highest BCUT2D eigenvalue weighted by atomic mass is 32.2. The molecular weight excluding hydrogens is 399 g/mol. The molecule has 5 rings (SSSR count). The summed E-state index contributed by atoms with van der Waals surface area (Å²) in [4.78, 5) is 7.27. The summed E-state index contributed by atoms with van der Waals surface area (Å²) < 4.78 is 46.7. The molecule has 1 spiro atoms. The summed E-state index contributed by atoms with van der Waals surface area (Å²) in [7, 11) is 0. The SMILES string of the molecule is Cc1nc(C(F)(F)F)ccc1SN1C2CCC1CC1(CC(N3CCOCC3)C1)C2. The Morgan fingerprint density at radius 3 is 2.24 bits per heavy atom. The molecule has 3 aliphatic heterocycles. The van der Waals surface area contributed by atoms with E-state index in [9.17, 15) is 13.2 Å². The molecule has 160 valence electrons. The van der Waals surface area contributed by atoms with Crippen LogP contribution in [0.3, 0.4) is 0 Å². The minimum Gasteiger partial charge on any atom is -0.379 e. The first-order valence-corrected chi connectivity index (χ1v) is 11.4. The Balaban J connectivity index is 1.23. The van der Waals surface area contributed by atoms with Gasteiger partial charge in [-0.05, 0) is 74.9 Å². The standard InChI is InChI=1S/C21H28F3N3OS/c1-14-18(4-5-19(25-14)21(22,23)24)29-27-15-2-3-16(27)11-20(10-15)12-17(13-20)26-6-8-28-9-7-26/h4-5,15-17H,2-3,6-13H2,1H3. The molecular formula is C21H28F3N3OS. The highest BCUT2D eigenvalue weighted by molar-refractivity contribution is 7.97. The Bertz CT molecular complexity index is 746. The van der Waals surface area contributed by atoms with Gasteiger partial charge in [0, 0.05) is 36.1 Å². The molecule has 0 amide bonds. The zero-order chi connectivity index (χ0) is 20.2. The average molecular weight is 428 g/mol. The third-order valence-corrected chi connectivity index (χ3v) is 8.76. The molecule has 3 saturated heterocycles. The lowest BCUT2D eigenvalue weighted by atomic mass is 9.58. The van der Waals surface area contributed by atoms with Gasteiger partial charge in [0.15, 0.2) is 0 Å². The van der Waals surface area contributed by atoms with E-state index in [-0.39, 0.29) is 0 Å².